The van der Waals surface area contributed by atoms with Gasteiger partial charge in [0.05, 0.1) is 19.3 Å². The van der Waals surface area contributed by atoms with Gasteiger partial charge in [0.25, 0.3) is 0 Å². The van der Waals surface area contributed by atoms with Gasteiger partial charge in [-0.3, -0.25) is 4.99 Å². The first-order valence-corrected chi connectivity index (χ1v) is 9.74. The standard InChI is InChI=1S/C21H33N3O2/c1-3-22-21(24-14-10-19-11-16-25-17-12-19)23-13-7-15-26-18(2)20-8-5-4-6-9-20/h4-6,8-9,11,18H,3,7,10,12-17H2,1-2H3,(H2,22,23,24). The van der Waals surface area contributed by atoms with E-state index in [1.54, 1.807) is 0 Å². The number of aliphatic imine (C=N–C) groups is 1. The zero-order valence-corrected chi connectivity index (χ0v) is 16.2. The fourth-order valence-corrected chi connectivity index (χ4v) is 2.81. The van der Waals surface area contributed by atoms with E-state index in [4.69, 9.17) is 9.47 Å². The molecule has 1 aliphatic rings. The van der Waals surface area contributed by atoms with Crippen LogP contribution in [0.1, 0.15) is 44.8 Å². The van der Waals surface area contributed by atoms with Crippen molar-refractivity contribution in [1.29, 1.82) is 0 Å². The maximum atomic E-state index is 5.90. The Hall–Kier alpha value is -1.85. The quantitative estimate of drug-likeness (QED) is 0.291. The highest BCUT2D eigenvalue weighted by Gasteiger charge is 2.05. The summed E-state index contributed by atoms with van der Waals surface area (Å²) in [5.74, 6) is 0.885. The lowest BCUT2D eigenvalue weighted by Gasteiger charge is -2.15. The number of rotatable bonds is 10. The third-order valence-corrected chi connectivity index (χ3v) is 4.35. The van der Waals surface area contributed by atoms with Crippen LogP contribution in [-0.4, -0.2) is 45.4 Å². The molecule has 0 radical (unpaired) electrons. The summed E-state index contributed by atoms with van der Waals surface area (Å²) < 4.78 is 11.2. The number of hydrogen-bond acceptors (Lipinski definition) is 3. The second-order valence-electron chi connectivity index (χ2n) is 6.40. The van der Waals surface area contributed by atoms with E-state index < -0.39 is 0 Å². The number of guanidine groups is 1. The van der Waals surface area contributed by atoms with Gasteiger partial charge in [-0.15, -0.1) is 0 Å². The van der Waals surface area contributed by atoms with E-state index in [9.17, 15) is 0 Å². The first-order chi connectivity index (χ1) is 12.8. The number of nitrogens with zero attached hydrogens (tertiary/aromatic N) is 1. The molecular formula is C21H33N3O2. The first kappa shape index (κ1) is 20.5. The van der Waals surface area contributed by atoms with Crippen LogP contribution in [0.15, 0.2) is 47.0 Å². The van der Waals surface area contributed by atoms with E-state index in [0.29, 0.717) is 6.61 Å². The molecule has 144 valence electrons. The Morgan fingerprint density at radius 3 is 2.85 bits per heavy atom. The summed E-state index contributed by atoms with van der Waals surface area (Å²) in [4.78, 5) is 4.64. The van der Waals surface area contributed by atoms with Gasteiger partial charge in [-0.25, -0.2) is 0 Å². The summed E-state index contributed by atoms with van der Waals surface area (Å²) in [7, 11) is 0. The Kier molecular flexibility index (Phi) is 9.83. The lowest BCUT2D eigenvalue weighted by molar-refractivity contribution is 0.0652. The average molecular weight is 360 g/mol. The van der Waals surface area contributed by atoms with Gasteiger partial charge in [-0.05, 0) is 38.7 Å². The Bertz CT molecular complexity index is 558. The van der Waals surface area contributed by atoms with Crippen LogP contribution in [0, 0.1) is 0 Å². The van der Waals surface area contributed by atoms with Gasteiger partial charge in [-0.1, -0.05) is 42.0 Å². The number of nitrogens with one attached hydrogen (secondary N) is 2. The highest BCUT2D eigenvalue weighted by Crippen LogP contribution is 2.15. The molecule has 0 aliphatic carbocycles. The molecule has 0 saturated carbocycles. The van der Waals surface area contributed by atoms with Gasteiger partial charge in [0.1, 0.15) is 0 Å². The van der Waals surface area contributed by atoms with Gasteiger partial charge in [0.2, 0.25) is 0 Å². The van der Waals surface area contributed by atoms with Gasteiger partial charge < -0.3 is 20.1 Å². The van der Waals surface area contributed by atoms with Crippen LogP contribution in [0.4, 0.5) is 0 Å². The molecule has 1 atom stereocenters. The molecule has 5 heteroatoms. The van der Waals surface area contributed by atoms with Gasteiger partial charge in [0.15, 0.2) is 5.96 Å². The lowest BCUT2D eigenvalue weighted by Crippen LogP contribution is -2.38. The molecule has 1 aliphatic heterocycles. The number of benzene rings is 1. The van der Waals surface area contributed by atoms with Crippen LogP contribution in [0.5, 0.6) is 0 Å². The summed E-state index contributed by atoms with van der Waals surface area (Å²) in [6.07, 6.45) is 5.33. The van der Waals surface area contributed by atoms with E-state index in [1.165, 1.54) is 11.1 Å². The average Bonchev–Trinajstić information content (AvgIpc) is 2.69. The molecule has 1 heterocycles. The summed E-state index contributed by atoms with van der Waals surface area (Å²) >= 11 is 0. The second kappa shape index (κ2) is 12.5. The zero-order chi connectivity index (χ0) is 18.5. The molecule has 0 amide bonds. The fraction of sp³-hybridized carbons (Fsp3) is 0.571. The van der Waals surface area contributed by atoms with E-state index in [2.05, 4.69) is 47.7 Å². The smallest absolute Gasteiger partial charge is 0.191 e. The molecule has 0 bridgehead atoms. The molecule has 1 unspecified atom stereocenters. The summed E-state index contributed by atoms with van der Waals surface area (Å²) in [6.45, 7) is 9.02. The van der Waals surface area contributed by atoms with Gasteiger partial charge >= 0.3 is 0 Å². The summed E-state index contributed by atoms with van der Waals surface area (Å²) in [5, 5.41) is 6.71. The predicted octanol–water partition coefficient (Wildman–Crippen LogP) is 3.45. The van der Waals surface area contributed by atoms with Gasteiger partial charge in [0, 0.05) is 26.2 Å². The molecule has 1 aromatic carbocycles. The summed E-state index contributed by atoms with van der Waals surface area (Å²) in [6, 6.07) is 10.3. The molecular weight excluding hydrogens is 326 g/mol. The van der Waals surface area contributed by atoms with Crippen molar-refractivity contribution in [2.24, 2.45) is 4.99 Å². The maximum absolute atomic E-state index is 5.90. The number of hydrogen-bond donors (Lipinski definition) is 2. The van der Waals surface area contributed by atoms with Crippen molar-refractivity contribution < 1.29 is 9.47 Å². The Morgan fingerprint density at radius 2 is 2.12 bits per heavy atom. The largest absolute Gasteiger partial charge is 0.377 e. The molecule has 5 nitrogen and oxygen atoms in total. The van der Waals surface area contributed by atoms with Crippen LogP contribution < -0.4 is 10.6 Å². The monoisotopic (exact) mass is 359 g/mol. The van der Waals surface area contributed by atoms with Crippen LogP contribution in [-0.2, 0) is 9.47 Å². The van der Waals surface area contributed by atoms with E-state index in [0.717, 1.165) is 58.1 Å². The highest BCUT2D eigenvalue weighted by molar-refractivity contribution is 5.79. The molecule has 0 spiro atoms. The molecule has 0 saturated heterocycles. The molecule has 1 aromatic rings. The molecule has 26 heavy (non-hydrogen) atoms. The minimum absolute atomic E-state index is 0.124. The lowest BCUT2D eigenvalue weighted by atomic mass is 10.1. The van der Waals surface area contributed by atoms with Crippen molar-refractivity contribution in [2.45, 2.75) is 39.2 Å². The van der Waals surface area contributed by atoms with Crippen LogP contribution in [0.25, 0.3) is 0 Å². The van der Waals surface area contributed by atoms with Crippen molar-refractivity contribution in [2.75, 3.05) is 39.5 Å². The van der Waals surface area contributed by atoms with E-state index >= 15 is 0 Å². The molecule has 2 N–H and O–H groups in total. The third kappa shape index (κ3) is 8.02. The van der Waals surface area contributed by atoms with Crippen LogP contribution in [0.3, 0.4) is 0 Å². The topological polar surface area (TPSA) is 54.9 Å². The highest BCUT2D eigenvalue weighted by atomic mass is 16.5. The van der Waals surface area contributed by atoms with Crippen LogP contribution in [0.2, 0.25) is 0 Å². The zero-order valence-electron chi connectivity index (χ0n) is 16.2. The second-order valence-corrected chi connectivity index (χ2v) is 6.40. The Balaban J connectivity index is 1.63. The minimum Gasteiger partial charge on any atom is -0.377 e. The predicted molar refractivity (Wildman–Crippen MR) is 108 cm³/mol. The van der Waals surface area contributed by atoms with Crippen LogP contribution >= 0.6 is 0 Å². The molecule has 2 rings (SSSR count). The fourth-order valence-electron chi connectivity index (χ4n) is 2.81. The van der Waals surface area contributed by atoms with Gasteiger partial charge in [-0.2, -0.15) is 0 Å². The first-order valence-electron chi connectivity index (χ1n) is 9.74. The van der Waals surface area contributed by atoms with E-state index in [1.807, 2.05) is 18.2 Å². The van der Waals surface area contributed by atoms with Crippen molar-refractivity contribution in [3.63, 3.8) is 0 Å². The van der Waals surface area contributed by atoms with E-state index in [-0.39, 0.29) is 6.10 Å². The Labute approximate surface area is 157 Å². The molecule has 0 aromatic heterocycles. The SMILES string of the molecule is CCNC(=NCCCOC(C)c1ccccc1)NCCC1=CCOCC1. The van der Waals surface area contributed by atoms with Crippen molar-refractivity contribution in [3.05, 3.63) is 47.5 Å². The third-order valence-electron chi connectivity index (χ3n) is 4.35. The van der Waals surface area contributed by atoms with Crippen molar-refractivity contribution in [1.82, 2.24) is 10.6 Å². The summed E-state index contributed by atoms with van der Waals surface area (Å²) in [5.41, 5.74) is 2.69. The van der Waals surface area contributed by atoms with Crippen molar-refractivity contribution >= 4 is 5.96 Å². The number of ether oxygens (including phenoxy) is 2. The minimum atomic E-state index is 0.124. The molecule has 0 fully saturated rings. The van der Waals surface area contributed by atoms with Crippen molar-refractivity contribution in [3.8, 4) is 0 Å². The normalized spacial score (nSPS) is 16.1. The maximum Gasteiger partial charge on any atom is 0.191 e. The Morgan fingerprint density at radius 1 is 1.27 bits per heavy atom.